The largest absolute Gasteiger partial charge is 0.464 e. The van der Waals surface area contributed by atoms with Gasteiger partial charge in [0.2, 0.25) is 0 Å². The molecule has 0 spiro atoms. The molecule has 184 valence electrons. The number of nitrogens with zero attached hydrogens (tertiary/aromatic N) is 4. The van der Waals surface area contributed by atoms with E-state index in [2.05, 4.69) is 47.0 Å². The average Bonchev–Trinajstić information content (AvgIpc) is 3.43. The second kappa shape index (κ2) is 8.74. The molecule has 0 unspecified atom stereocenters. The van der Waals surface area contributed by atoms with Gasteiger partial charge in [0.1, 0.15) is 17.1 Å². The lowest BCUT2D eigenvalue weighted by atomic mass is 9.77. The van der Waals surface area contributed by atoms with Gasteiger partial charge in [0.25, 0.3) is 5.91 Å². The molecule has 2 atom stereocenters. The summed E-state index contributed by atoms with van der Waals surface area (Å²) in [5.74, 6) is 1.41. The number of aromatic nitrogens is 2. The molecular formula is C29H36N4O2. The number of carbonyl (C=O) groups is 1. The first-order chi connectivity index (χ1) is 16.9. The monoisotopic (exact) mass is 472 g/mol. The van der Waals surface area contributed by atoms with Crippen LogP contribution in [0.25, 0.3) is 11.0 Å². The molecule has 3 fully saturated rings. The summed E-state index contributed by atoms with van der Waals surface area (Å²) in [6, 6.07) is 11.1. The van der Waals surface area contributed by atoms with Gasteiger partial charge in [-0.25, -0.2) is 9.97 Å². The topological polar surface area (TPSA) is 62.5 Å². The molecule has 3 aliphatic heterocycles. The molecule has 6 nitrogen and oxygen atoms in total. The molecule has 35 heavy (non-hydrogen) atoms. The van der Waals surface area contributed by atoms with Gasteiger partial charge in [0.15, 0.2) is 0 Å². The Morgan fingerprint density at radius 3 is 2.60 bits per heavy atom. The van der Waals surface area contributed by atoms with Crippen LogP contribution in [-0.4, -0.2) is 57.9 Å². The molecule has 2 aromatic heterocycles. The summed E-state index contributed by atoms with van der Waals surface area (Å²) in [6.07, 6.45) is 9.29. The molecule has 2 bridgehead atoms. The van der Waals surface area contributed by atoms with Gasteiger partial charge < -0.3 is 14.2 Å². The lowest BCUT2D eigenvalue weighted by molar-refractivity contribution is 0.0518. The summed E-state index contributed by atoms with van der Waals surface area (Å²) < 4.78 is 5.61. The molecule has 6 rings (SSSR count). The minimum atomic E-state index is 0.00925. The highest BCUT2D eigenvalue weighted by Crippen LogP contribution is 2.41. The van der Waals surface area contributed by atoms with Crippen LogP contribution in [0.5, 0.6) is 0 Å². The van der Waals surface area contributed by atoms with Gasteiger partial charge in [-0.05, 0) is 102 Å². The lowest BCUT2D eigenvalue weighted by Gasteiger charge is -2.39. The van der Waals surface area contributed by atoms with Crippen molar-refractivity contribution in [3.63, 3.8) is 0 Å². The molecular weight excluding hydrogens is 436 g/mol. The van der Waals surface area contributed by atoms with Gasteiger partial charge in [-0.2, -0.15) is 0 Å². The van der Waals surface area contributed by atoms with Gasteiger partial charge in [-0.3, -0.25) is 4.79 Å². The van der Waals surface area contributed by atoms with Crippen molar-refractivity contribution in [2.75, 3.05) is 20.1 Å². The zero-order chi connectivity index (χ0) is 24.2. The first-order valence-corrected chi connectivity index (χ1v) is 13.2. The van der Waals surface area contributed by atoms with Gasteiger partial charge in [-0.15, -0.1) is 0 Å². The van der Waals surface area contributed by atoms with Gasteiger partial charge >= 0.3 is 0 Å². The van der Waals surface area contributed by atoms with Gasteiger partial charge in [0, 0.05) is 22.9 Å². The number of piperidine rings is 2. The minimum absolute atomic E-state index is 0.00925. The van der Waals surface area contributed by atoms with E-state index < -0.39 is 0 Å². The number of carbonyl (C=O) groups excluding carboxylic acids is 1. The van der Waals surface area contributed by atoms with Crippen LogP contribution in [0.3, 0.4) is 0 Å². The Morgan fingerprint density at radius 2 is 1.86 bits per heavy atom. The van der Waals surface area contributed by atoms with Crippen molar-refractivity contribution < 1.29 is 9.21 Å². The second-order valence-electron chi connectivity index (χ2n) is 11.4. The number of hydrogen-bond donors (Lipinski definition) is 0. The van der Waals surface area contributed by atoms with Crippen LogP contribution in [0.4, 0.5) is 0 Å². The van der Waals surface area contributed by atoms with E-state index in [1.54, 1.807) is 6.26 Å². The Bertz CT molecular complexity index is 1230. The Morgan fingerprint density at radius 1 is 1.11 bits per heavy atom. The summed E-state index contributed by atoms with van der Waals surface area (Å²) in [4.78, 5) is 27.8. The fourth-order valence-corrected chi connectivity index (χ4v) is 6.82. The Labute approximate surface area is 207 Å². The third-order valence-electron chi connectivity index (χ3n) is 8.93. The van der Waals surface area contributed by atoms with Crippen LogP contribution in [0.1, 0.15) is 73.0 Å². The van der Waals surface area contributed by atoms with Crippen molar-refractivity contribution in [2.45, 2.75) is 76.3 Å². The Balaban J connectivity index is 1.20. The molecule has 6 heteroatoms. The van der Waals surface area contributed by atoms with Crippen molar-refractivity contribution in [3.8, 4) is 0 Å². The standard InChI is InChI=1S/C29H36N4O2/c1-19-30-25(18-27(31-19)29(2)10-12-32(3)13-11-29)28(34)33-22-7-8-23(33)17-20(16-22)15-21-5-4-6-26-24(21)9-14-35-26/h4-6,9,14,18,20,22-23H,7-8,10-13,15-17H2,1-3H3/t22-,23-/m0/s1. The van der Waals surface area contributed by atoms with Crippen LogP contribution < -0.4 is 0 Å². The lowest BCUT2D eigenvalue weighted by Crippen LogP contribution is -2.47. The molecule has 5 heterocycles. The fourth-order valence-electron chi connectivity index (χ4n) is 6.82. The number of hydrogen-bond acceptors (Lipinski definition) is 5. The molecule has 0 N–H and O–H groups in total. The van der Waals surface area contributed by atoms with Crippen molar-refractivity contribution in [1.29, 1.82) is 0 Å². The average molecular weight is 473 g/mol. The summed E-state index contributed by atoms with van der Waals surface area (Å²) in [5.41, 5.74) is 3.97. The third-order valence-corrected chi connectivity index (χ3v) is 8.93. The van der Waals surface area contributed by atoms with Crippen LogP contribution in [-0.2, 0) is 11.8 Å². The quantitative estimate of drug-likeness (QED) is 0.526. The number of likely N-dealkylation sites (tertiary alicyclic amines) is 1. The zero-order valence-electron chi connectivity index (χ0n) is 21.2. The highest BCUT2D eigenvalue weighted by atomic mass is 16.3. The number of amides is 1. The maximum Gasteiger partial charge on any atom is 0.273 e. The van der Waals surface area contributed by atoms with Crippen LogP contribution >= 0.6 is 0 Å². The van der Waals surface area contributed by atoms with Gasteiger partial charge in [-0.1, -0.05) is 19.1 Å². The third kappa shape index (κ3) is 4.16. The van der Waals surface area contributed by atoms with E-state index in [1.807, 2.05) is 19.1 Å². The van der Waals surface area contributed by atoms with E-state index in [0.29, 0.717) is 29.5 Å². The first-order valence-electron chi connectivity index (χ1n) is 13.2. The van der Waals surface area contributed by atoms with Gasteiger partial charge in [0.05, 0.1) is 12.0 Å². The molecule has 3 saturated heterocycles. The highest BCUT2D eigenvalue weighted by Gasteiger charge is 2.44. The van der Waals surface area contributed by atoms with E-state index in [-0.39, 0.29) is 11.3 Å². The van der Waals surface area contributed by atoms with Crippen LogP contribution in [0.2, 0.25) is 0 Å². The summed E-state index contributed by atoms with van der Waals surface area (Å²) in [7, 11) is 2.18. The van der Waals surface area contributed by atoms with E-state index >= 15 is 0 Å². The Hall–Kier alpha value is -2.73. The number of furan rings is 1. The minimum Gasteiger partial charge on any atom is -0.464 e. The molecule has 3 aliphatic rings. The summed E-state index contributed by atoms with van der Waals surface area (Å²) >= 11 is 0. The summed E-state index contributed by atoms with van der Waals surface area (Å²) in [6.45, 7) is 6.35. The molecule has 0 aliphatic carbocycles. The number of aryl methyl sites for hydroxylation is 1. The number of benzene rings is 1. The Kier molecular flexibility index (Phi) is 5.67. The normalized spacial score (nSPS) is 26.4. The fraction of sp³-hybridized carbons (Fsp3) is 0.552. The number of rotatable bonds is 4. The van der Waals surface area contributed by atoms with Crippen molar-refractivity contribution in [3.05, 3.63) is 59.4 Å². The SMILES string of the molecule is Cc1nc(C(=O)N2[C@H]3CC[C@H]2CC(Cc2cccc4occc24)C3)cc(C2(C)CCN(C)CC2)n1. The zero-order valence-corrected chi connectivity index (χ0v) is 21.2. The van der Waals surface area contributed by atoms with Crippen molar-refractivity contribution in [2.24, 2.45) is 5.92 Å². The highest BCUT2D eigenvalue weighted by molar-refractivity contribution is 5.93. The predicted molar refractivity (Wildman–Crippen MR) is 136 cm³/mol. The van der Waals surface area contributed by atoms with E-state index in [0.717, 1.165) is 69.3 Å². The first kappa shape index (κ1) is 22.7. The molecule has 0 radical (unpaired) electrons. The predicted octanol–water partition coefficient (Wildman–Crippen LogP) is 5.14. The van der Waals surface area contributed by atoms with E-state index in [4.69, 9.17) is 9.40 Å². The molecule has 3 aromatic rings. The van der Waals surface area contributed by atoms with Crippen LogP contribution in [0, 0.1) is 12.8 Å². The molecule has 1 aromatic carbocycles. The molecule has 1 amide bonds. The summed E-state index contributed by atoms with van der Waals surface area (Å²) in [5, 5.41) is 1.23. The maximum atomic E-state index is 13.8. The second-order valence-corrected chi connectivity index (χ2v) is 11.4. The number of fused-ring (bicyclic) bond motifs is 3. The molecule has 0 saturated carbocycles. The van der Waals surface area contributed by atoms with E-state index in [1.165, 1.54) is 10.9 Å². The van der Waals surface area contributed by atoms with Crippen molar-refractivity contribution in [1.82, 2.24) is 19.8 Å². The van der Waals surface area contributed by atoms with Crippen LogP contribution in [0.15, 0.2) is 41.0 Å². The van der Waals surface area contributed by atoms with Crippen molar-refractivity contribution >= 4 is 16.9 Å². The van der Waals surface area contributed by atoms with E-state index in [9.17, 15) is 4.79 Å². The smallest absolute Gasteiger partial charge is 0.273 e. The maximum absolute atomic E-state index is 13.8.